The van der Waals surface area contributed by atoms with Crippen LogP contribution in [0.3, 0.4) is 0 Å². The van der Waals surface area contributed by atoms with E-state index in [0.717, 1.165) is 0 Å². The van der Waals surface area contributed by atoms with Crippen molar-refractivity contribution >= 4 is 12.0 Å². The van der Waals surface area contributed by atoms with Crippen LogP contribution in [-0.2, 0) is 6.54 Å². The summed E-state index contributed by atoms with van der Waals surface area (Å²) in [4.78, 5) is 12.8. The Balaban J connectivity index is 1.93. The summed E-state index contributed by atoms with van der Waals surface area (Å²) in [5.41, 5.74) is 0. The van der Waals surface area contributed by atoms with Gasteiger partial charge in [-0.15, -0.1) is 5.10 Å². The average molecular weight is 233 g/mol. The Hall–Kier alpha value is -2.44. The first-order valence-electron chi connectivity index (χ1n) is 5.09. The topological polar surface area (TPSA) is 81.9 Å². The van der Waals surface area contributed by atoms with Crippen molar-refractivity contribution in [2.75, 3.05) is 5.32 Å². The smallest absolute Gasteiger partial charge is 0.410 e. The normalized spacial score (nSPS) is 9.94. The zero-order valence-corrected chi connectivity index (χ0v) is 9.20. The van der Waals surface area contributed by atoms with E-state index in [0.29, 0.717) is 12.3 Å². The molecule has 7 nitrogen and oxygen atoms in total. The maximum absolute atomic E-state index is 11.4. The van der Waals surface area contributed by atoms with Gasteiger partial charge in [0.1, 0.15) is 5.75 Å². The maximum atomic E-state index is 11.4. The van der Waals surface area contributed by atoms with E-state index in [-0.39, 0.29) is 5.95 Å². The first kappa shape index (κ1) is 11.1. The van der Waals surface area contributed by atoms with Gasteiger partial charge in [-0.1, -0.05) is 23.3 Å². The van der Waals surface area contributed by atoms with Crippen molar-refractivity contribution in [1.29, 1.82) is 0 Å². The summed E-state index contributed by atoms with van der Waals surface area (Å²) in [7, 11) is 0. The van der Waals surface area contributed by atoms with Crippen LogP contribution in [0.5, 0.6) is 5.75 Å². The number of benzene rings is 1. The van der Waals surface area contributed by atoms with Crippen LogP contribution in [0.2, 0.25) is 0 Å². The fourth-order valence-electron chi connectivity index (χ4n) is 1.14. The highest BCUT2D eigenvalue weighted by molar-refractivity contribution is 5.83. The number of ether oxygens (including phenoxy) is 1. The summed E-state index contributed by atoms with van der Waals surface area (Å²) < 4.78 is 4.99. The molecule has 7 heteroatoms. The predicted octanol–water partition coefficient (Wildman–Crippen LogP) is 1.30. The number of carbonyl (C=O) groups excluding carboxylic acids is 1. The van der Waals surface area contributed by atoms with Crippen molar-refractivity contribution < 1.29 is 9.53 Å². The third-order valence-corrected chi connectivity index (χ3v) is 1.90. The molecule has 1 aromatic heterocycles. The molecule has 0 unspecified atom stereocenters. The quantitative estimate of drug-likeness (QED) is 0.864. The highest BCUT2D eigenvalue weighted by atomic mass is 16.6. The molecule has 0 bridgehead atoms. The lowest BCUT2D eigenvalue weighted by molar-refractivity contribution is 0.215. The number of hydrogen-bond donors (Lipinski definition) is 1. The second-order valence-corrected chi connectivity index (χ2v) is 3.13. The lowest BCUT2D eigenvalue weighted by Crippen LogP contribution is -2.17. The molecule has 0 aliphatic heterocycles. The minimum atomic E-state index is -0.646. The van der Waals surface area contributed by atoms with Gasteiger partial charge in [-0.05, 0) is 24.3 Å². The number of aromatic nitrogens is 4. The van der Waals surface area contributed by atoms with Gasteiger partial charge in [-0.3, -0.25) is 5.32 Å². The third-order valence-electron chi connectivity index (χ3n) is 1.90. The monoisotopic (exact) mass is 233 g/mol. The van der Waals surface area contributed by atoms with E-state index in [1.54, 1.807) is 24.3 Å². The standard InChI is InChI=1S/C10H11N5O2/c1-2-15-13-9(12-14-15)11-10(16)17-8-6-4-3-5-7-8/h3-7H,2H2,1H3,(H,11,13,16). The number of carbonyl (C=O) groups is 1. The molecular formula is C10H11N5O2. The molecule has 17 heavy (non-hydrogen) atoms. The Labute approximate surface area is 97.4 Å². The van der Waals surface area contributed by atoms with Gasteiger partial charge in [0.05, 0.1) is 6.54 Å². The summed E-state index contributed by atoms with van der Waals surface area (Å²) in [6, 6.07) is 8.73. The van der Waals surface area contributed by atoms with Gasteiger partial charge < -0.3 is 4.74 Å². The first-order valence-corrected chi connectivity index (χ1v) is 5.09. The van der Waals surface area contributed by atoms with E-state index in [1.807, 2.05) is 13.0 Å². The van der Waals surface area contributed by atoms with Crippen molar-refractivity contribution in [3.05, 3.63) is 30.3 Å². The predicted molar refractivity (Wildman–Crippen MR) is 59.6 cm³/mol. The number of rotatable bonds is 3. The Bertz CT molecular complexity index is 496. The van der Waals surface area contributed by atoms with Crippen molar-refractivity contribution in [2.24, 2.45) is 0 Å². The van der Waals surface area contributed by atoms with Crippen LogP contribution in [0.15, 0.2) is 30.3 Å². The average Bonchev–Trinajstić information content (AvgIpc) is 2.78. The van der Waals surface area contributed by atoms with E-state index in [2.05, 4.69) is 20.7 Å². The maximum Gasteiger partial charge on any atom is 0.419 e. The minimum Gasteiger partial charge on any atom is -0.410 e. The molecule has 1 heterocycles. The largest absolute Gasteiger partial charge is 0.419 e. The highest BCUT2D eigenvalue weighted by Gasteiger charge is 2.08. The molecule has 0 saturated heterocycles. The molecule has 0 fully saturated rings. The summed E-state index contributed by atoms with van der Waals surface area (Å²) in [6.45, 7) is 2.45. The fraction of sp³-hybridized carbons (Fsp3) is 0.200. The van der Waals surface area contributed by atoms with Crippen LogP contribution in [-0.4, -0.2) is 26.3 Å². The Morgan fingerprint density at radius 3 is 2.82 bits per heavy atom. The lowest BCUT2D eigenvalue weighted by Gasteiger charge is -2.02. The molecule has 1 N–H and O–H groups in total. The Morgan fingerprint density at radius 1 is 1.41 bits per heavy atom. The second-order valence-electron chi connectivity index (χ2n) is 3.13. The molecular weight excluding hydrogens is 222 g/mol. The summed E-state index contributed by atoms with van der Waals surface area (Å²) in [6.07, 6.45) is -0.646. The summed E-state index contributed by atoms with van der Waals surface area (Å²) in [5, 5.41) is 13.6. The third kappa shape index (κ3) is 3.00. The van der Waals surface area contributed by atoms with E-state index in [1.165, 1.54) is 4.80 Å². The molecule has 0 atom stereocenters. The van der Waals surface area contributed by atoms with Gasteiger partial charge in [-0.2, -0.15) is 4.80 Å². The van der Waals surface area contributed by atoms with Gasteiger partial charge in [0.15, 0.2) is 0 Å². The molecule has 88 valence electrons. The van der Waals surface area contributed by atoms with Gasteiger partial charge in [0, 0.05) is 0 Å². The van der Waals surface area contributed by atoms with Gasteiger partial charge in [0.25, 0.3) is 5.95 Å². The number of nitrogens with zero attached hydrogens (tertiary/aromatic N) is 4. The summed E-state index contributed by atoms with van der Waals surface area (Å²) in [5.74, 6) is 0.570. The number of anilines is 1. The molecule has 0 radical (unpaired) electrons. The molecule has 1 aromatic carbocycles. The molecule has 0 aliphatic rings. The minimum absolute atomic E-state index is 0.118. The van der Waals surface area contributed by atoms with Crippen molar-refractivity contribution in [3.8, 4) is 5.75 Å². The molecule has 0 aliphatic carbocycles. The fourth-order valence-corrected chi connectivity index (χ4v) is 1.14. The molecule has 2 rings (SSSR count). The lowest BCUT2D eigenvalue weighted by atomic mass is 10.3. The van der Waals surface area contributed by atoms with Crippen LogP contribution < -0.4 is 10.1 Å². The van der Waals surface area contributed by atoms with E-state index < -0.39 is 6.09 Å². The van der Waals surface area contributed by atoms with Crippen molar-refractivity contribution in [3.63, 3.8) is 0 Å². The number of para-hydroxylation sites is 1. The molecule has 1 amide bonds. The van der Waals surface area contributed by atoms with Gasteiger partial charge in [-0.25, -0.2) is 4.79 Å². The second kappa shape index (κ2) is 5.06. The van der Waals surface area contributed by atoms with Crippen molar-refractivity contribution in [1.82, 2.24) is 20.2 Å². The number of aryl methyl sites for hydroxylation is 1. The number of amides is 1. The van der Waals surface area contributed by atoms with Gasteiger partial charge in [0.2, 0.25) is 0 Å². The van der Waals surface area contributed by atoms with E-state index in [9.17, 15) is 4.79 Å². The van der Waals surface area contributed by atoms with Crippen LogP contribution in [0.1, 0.15) is 6.92 Å². The van der Waals surface area contributed by atoms with Crippen LogP contribution in [0, 0.1) is 0 Å². The summed E-state index contributed by atoms with van der Waals surface area (Å²) >= 11 is 0. The molecule has 2 aromatic rings. The zero-order chi connectivity index (χ0) is 12.1. The molecule has 0 spiro atoms. The zero-order valence-electron chi connectivity index (χ0n) is 9.20. The highest BCUT2D eigenvalue weighted by Crippen LogP contribution is 2.09. The van der Waals surface area contributed by atoms with Crippen LogP contribution in [0.4, 0.5) is 10.7 Å². The van der Waals surface area contributed by atoms with E-state index >= 15 is 0 Å². The molecule has 0 saturated carbocycles. The van der Waals surface area contributed by atoms with Crippen LogP contribution in [0.25, 0.3) is 0 Å². The van der Waals surface area contributed by atoms with E-state index in [4.69, 9.17) is 4.74 Å². The SMILES string of the molecule is CCn1nnc(NC(=O)Oc2ccccc2)n1. The Morgan fingerprint density at radius 2 is 2.18 bits per heavy atom. The Kier molecular flexibility index (Phi) is 3.29. The van der Waals surface area contributed by atoms with Crippen LogP contribution >= 0.6 is 0 Å². The number of nitrogens with one attached hydrogen (secondary N) is 1. The van der Waals surface area contributed by atoms with Crippen molar-refractivity contribution in [2.45, 2.75) is 13.5 Å². The number of tetrazole rings is 1. The number of hydrogen-bond acceptors (Lipinski definition) is 5. The first-order chi connectivity index (χ1) is 8.28. The van der Waals surface area contributed by atoms with Gasteiger partial charge >= 0.3 is 6.09 Å².